The van der Waals surface area contributed by atoms with Crippen LogP contribution in [0.4, 0.5) is 0 Å². The van der Waals surface area contributed by atoms with Gasteiger partial charge in [-0.05, 0) is 18.9 Å². The molecule has 0 saturated heterocycles. The van der Waals surface area contributed by atoms with Crippen LogP contribution in [0.25, 0.3) is 0 Å². The molecule has 1 atom stereocenters. The van der Waals surface area contributed by atoms with Crippen molar-refractivity contribution in [3.8, 4) is 5.75 Å². The second kappa shape index (κ2) is 6.37. The number of nitrogens with zero attached hydrogens (tertiary/aromatic N) is 1. The molecule has 0 aliphatic rings. The van der Waals surface area contributed by atoms with Gasteiger partial charge in [-0.1, -0.05) is 32.0 Å². The summed E-state index contributed by atoms with van der Waals surface area (Å²) in [5.41, 5.74) is 8.36. The van der Waals surface area contributed by atoms with Crippen molar-refractivity contribution in [2.24, 2.45) is 5.73 Å². The Morgan fingerprint density at radius 1 is 1.25 bits per heavy atom. The van der Waals surface area contributed by atoms with Crippen LogP contribution in [0.1, 0.15) is 53.9 Å². The van der Waals surface area contributed by atoms with E-state index in [4.69, 9.17) is 15.5 Å². The number of hydrogen-bond donors (Lipinski definition) is 1. The van der Waals surface area contributed by atoms with Crippen molar-refractivity contribution in [2.45, 2.75) is 39.2 Å². The number of aromatic nitrogens is 1. The van der Waals surface area contributed by atoms with Crippen LogP contribution >= 0.6 is 11.3 Å². The normalized spacial score (nSPS) is 12.7. The van der Waals surface area contributed by atoms with E-state index in [0.717, 1.165) is 28.4 Å². The van der Waals surface area contributed by atoms with E-state index >= 15 is 0 Å². The molecule has 1 heterocycles. The van der Waals surface area contributed by atoms with Crippen LogP contribution in [0.2, 0.25) is 0 Å². The van der Waals surface area contributed by atoms with Crippen molar-refractivity contribution in [3.05, 3.63) is 45.4 Å². The van der Waals surface area contributed by atoms with Crippen molar-refractivity contribution in [1.82, 2.24) is 4.98 Å². The van der Waals surface area contributed by atoms with Crippen LogP contribution in [0.3, 0.4) is 0 Å². The first-order chi connectivity index (χ1) is 9.52. The maximum absolute atomic E-state index is 6.06. The number of thiazole rings is 1. The molecule has 0 spiro atoms. The number of ether oxygens (including phenoxy) is 1. The minimum Gasteiger partial charge on any atom is -0.496 e. The van der Waals surface area contributed by atoms with E-state index in [9.17, 15) is 0 Å². The van der Waals surface area contributed by atoms with Crippen LogP contribution in [0, 0.1) is 0 Å². The number of rotatable bonds is 5. The lowest BCUT2D eigenvalue weighted by atomic mass is 10.1. The summed E-state index contributed by atoms with van der Waals surface area (Å²) in [7, 11) is 1.70. The molecule has 0 radical (unpaired) electrons. The molecule has 0 aliphatic heterocycles. The van der Waals surface area contributed by atoms with E-state index in [0.29, 0.717) is 5.92 Å². The van der Waals surface area contributed by atoms with Gasteiger partial charge in [0.2, 0.25) is 0 Å². The summed E-state index contributed by atoms with van der Waals surface area (Å²) in [5, 5.41) is 1.10. The van der Waals surface area contributed by atoms with E-state index in [2.05, 4.69) is 19.9 Å². The molecule has 1 unspecified atom stereocenters. The minimum atomic E-state index is 0.0383. The van der Waals surface area contributed by atoms with Crippen molar-refractivity contribution < 1.29 is 4.74 Å². The molecule has 108 valence electrons. The molecule has 2 rings (SSSR count). The van der Waals surface area contributed by atoms with Gasteiger partial charge >= 0.3 is 0 Å². The largest absolute Gasteiger partial charge is 0.496 e. The van der Waals surface area contributed by atoms with Gasteiger partial charge in [0.05, 0.1) is 17.8 Å². The van der Waals surface area contributed by atoms with Gasteiger partial charge in [0.1, 0.15) is 5.75 Å². The molecule has 3 nitrogen and oxygen atoms in total. The summed E-state index contributed by atoms with van der Waals surface area (Å²) >= 11 is 1.72. The monoisotopic (exact) mass is 290 g/mol. The average Bonchev–Trinajstić information content (AvgIpc) is 2.84. The molecule has 0 fully saturated rings. The molecule has 2 aromatic rings. The predicted octanol–water partition coefficient (Wildman–Crippen LogP) is 3.89. The van der Waals surface area contributed by atoms with Gasteiger partial charge in [-0.25, -0.2) is 4.98 Å². The Labute approximate surface area is 124 Å². The van der Waals surface area contributed by atoms with E-state index < -0.39 is 0 Å². The molecule has 1 aromatic carbocycles. The Hall–Kier alpha value is -1.39. The first-order valence-electron chi connectivity index (χ1n) is 6.90. The molecule has 0 amide bonds. The number of para-hydroxylation sites is 1. The fourth-order valence-corrected chi connectivity index (χ4v) is 3.42. The molecule has 2 N–H and O–H groups in total. The summed E-state index contributed by atoms with van der Waals surface area (Å²) < 4.78 is 5.40. The zero-order chi connectivity index (χ0) is 14.7. The smallest absolute Gasteiger partial charge is 0.122 e. The Balaban J connectivity index is 2.32. The maximum atomic E-state index is 6.06. The number of hydrogen-bond acceptors (Lipinski definition) is 4. The summed E-state index contributed by atoms with van der Waals surface area (Å²) in [6, 6.07) is 8.12. The van der Waals surface area contributed by atoms with E-state index in [1.807, 2.05) is 25.1 Å². The van der Waals surface area contributed by atoms with Gasteiger partial charge in [-0.15, -0.1) is 11.3 Å². The molecule has 20 heavy (non-hydrogen) atoms. The Morgan fingerprint density at radius 2 is 1.95 bits per heavy atom. The number of nitrogens with two attached hydrogens (primary N) is 1. The zero-order valence-electron chi connectivity index (χ0n) is 12.5. The van der Waals surface area contributed by atoms with E-state index in [-0.39, 0.29) is 6.04 Å². The second-order valence-electron chi connectivity index (χ2n) is 5.29. The van der Waals surface area contributed by atoms with Gasteiger partial charge in [-0.2, -0.15) is 0 Å². The van der Waals surface area contributed by atoms with Gasteiger partial charge in [0, 0.05) is 22.9 Å². The van der Waals surface area contributed by atoms with Crippen LogP contribution < -0.4 is 10.5 Å². The molecule has 0 saturated carbocycles. The molecule has 0 bridgehead atoms. The molecular weight excluding hydrogens is 268 g/mol. The summed E-state index contributed by atoms with van der Waals surface area (Å²) in [6.45, 7) is 6.34. The highest BCUT2D eigenvalue weighted by Crippen LogP contribution is 2.31. The van der Waals surface area contributed by atoms with Gasteiger partial charge in [-0.3, -0.25) is 0 Å². The van der Waals surface area contributed by atoms with Crippen molar-refractivity contribution >= 4 is 11.3 Å². The molecule has 0 aliphatic carbocycles. The third kappa shape index (κ3) is 3.19. The molecular formula is C16H22N2OS. The SMILES string of the molecule is COc1ccccc1Cc1nc(C(C)C)c(C(C)N)s1. The van der Waals surface area contributed by atoms with Gasteiger partial charge < -0.3 is 10.5 Å². The standard InChI is InChI=1S/C16H22N2OS/c1-10(2)15-16(11(3)17)20-14(18-15)9-12-7-5-6-8-13(12)19-4/h5-8,10-11H,9,17H2,1-4H3. The van der Waals surface area contributed by atoms with Crippen molar-refractivity contribution in [3.63, 3.8) is 0 Å². The lowest BCUT2D eigenvalue weighted by Crippen LogP contribution is -2.06. The van der Waals surface area contributed by atoms with Crippen LogP contribution in [0.15, 0.2) is 24.3 Å². The van der Waals surface area contributed by atoms with Crippen molar-refractivity contribution in [1.29, 1.82) is 0 Å². The summed E-state index contributed by atoms with van der Waals surface area (Å²) in [6.07, 6.45) is 0.793. The molecule has 1 aromatic heterocycles. The van der Waals surface area contributed by atoms with Gasteiger partial charge in [0.15, 0.2) is 0 Å². The van der Waals surface area contributed by atoms with E-state index in [1.54, 1.807) is 18.4 Å². The lowest BCUT2D eigenvalue weighted by molar-refractivity contribution is 0.410. The van der Waals surface area contributed by atoms with Crippen LogP contribution in [-0.2, 0) is 6.42 Å². The first-order valence-corrected chi connectivity index (χ1v) is 7.71. The predicted molar refractivity (Wildman–Crippen MR) is 84.6 cm³/mol. The second-order valence-corrected chi connectivity index (χ2v) is 6.40. The highest BCUT2D eigenvalue weighted by Gasteiger charge is 2.17. The maximum Gasteiger partial charge on any atom is 0.122 e. The van der Waals surface area contributed by atoms with Gasteiger partial charge in [0.25, 0.3) is 0 Å². The summed E-state index contributed by atoms with van der Waals surface area (Å²) in [4.78, 5) is 5.98. The Bertz CT molecular complexity index is 550. The number of methoxy groups -OCH3 is 1. The highest BCUT2D eigenvalue weighted by molar-refractivity contribution is 7.11. The molecule has 4 heteroatoms. The quantitative estimate of drug-likeness (QED) is 0.909. The van der Waals surface area contributed by atoms with Crippen LogP contribution in [-0.4, -0.2) is 12.1 Å². The first kappa shape index (κ1) is 15.0. The Kier molecular flexibility index (Phi) is 4.78. The topological polar surface area (TPSA) is 48.1 Å². The van der Waals surface area contributed by atoms with Crippen LogP contribution in [0.5, 0.6) is 5.75 Å². The van der Waals surface area contributed by atoms with Crippen molar-refractivity contribution in [2.75, 3.05) is 7.11 Å². The average molecular weight is 290 g/mol. The number of benzene rings is 1. The fraction of sp³-hybridized carbons (Fsp3) is 0.438. The minimum absolute atomic E-state index is 0.0383. The zero-order valence-corrected chi connectivity index (χ0v) is 13.3. The van der Waals surface area contributed by atoms with E-state index in [1.165, 1.54) is 4.88 Å². The lowest BCUT2D eigenvalue weighted by Gasteiger charge is -2.07. The fourth-order valence-electron chi connectivity index (χ4n) is 2.22. The Morgan fingerprint density at radius 3 is 2.50 bits per heavy atom. The third-order valence-electron chi connectivity index (χ3n) is 3.22. The summed E-state index contributed by atoms with van der Waals surface area (Å²) in [5.74, 6) is 1.31. The third-order valence-corrected chi connectivity index (χ3v) is 4.49. The highest BCUT2D eigenvalue weighted by atomic mass is 32.1.